The van der Waals surface area contributed by atoms with E-state index in [1.807, 2.05) is 47.4 Å². The predicted molar refractivity (Wildman–Crippen MR) is 98.4 cm³/mol. The van der Waals surface area contributed by atoms with Gasteiger partial charge in [0, 0.05) is 37.3 Å². The smallest absolute Gasteiger partial charge is 0.253 e. The maximum Gasteiger partial charge on any atom is 0.253 e. The lowest BCUT2D eigenvalue weighted by Gasteiger charge is -2.32. The van der Waals surface area contributed by atoms with Gasteiger partial charge in [0.05, 0.1) is 14.2 Å². The Morgan fingerprint density at radius 1 is 0.960 bits per heavy atom. The lowest BCUT2D eigenvalue weighted by atomic mass is 10.0. The van der Waals surface area contributed by atoms with Crippen LogP contribution in [0.3, 0.4) is 0 Å². The first-order valence-corrected chi connectivity index (χ1v) is 8.43. The van der Waals surface area contributed by atoms with Crippen molar-refractivity contribution in [3.8, 4) is 22.6 Å². The number of para-hydroxylation sites is 1. The molecule has 0 saturated carbocycles. The van der Waals surface area contributed by atoms with Gasteiger partial charge in [0.2, 0.25) is 0 Å². The van der Waals surface area contributed by atoms with E-state index in [0.29, 0.717) is 17.1 Å². The van der Waals surface area contributed by atoms with E-state index < -0.39 is 0 Å². The van der Waals surface area contributed by atoms with Crippen molar-refractivity contribution in [1.29, 1.82) is 0 Å². The normalized spacial score (nSPS) is 15.1. The molecule has 2 aromatic carbocycles. The quantitative estimate of drug-likeness (QED) is 0.858. The number of rotatable bonds is 4. The topological polar surface area (TPSA) is 42.0 Å². The molecule has 132 valence electrons. The van der Waals surface area contributed by atoms with Gasteiger partial charge in [0.1, 0.15) is 0 Å². The first-order chi connectivity index (χ1) is 12.1. The first-order valence-electron chi connectivity index (χ1n) is 8.43. The van der Waals surface area contributed by atoms with Crippen LogP contribution >= 0.6 is 0 Å². The van der Waals surface area contributed by atoms with Gasteiger partial charge in [0.25, 0.3) is 5.91 Å². The van der Waals surface area contributed by atoms with E-state index in [0.717, 1.165) is 37.3 Å². The number of hydrogen-bond acceptors (Lipinski definition) is 4. The largest absolute Gasteiger partial charge is 0.493 e. The summed E-state index contributed by atoms with van der Waals surface area (Å²) in [6, 6.07) is 13.5. The molecule has 1 aliphatic heterocycles. The number of hydrogen-bond donors (Lipinski definition) is 0. The molecule has 3 rings (SSSR count). The van der Waals surface area contributed by atoms with Crippen LogP contribution in [0, 0.1) is 0 Å². The number of amides is 1. The maximum absolute atomic E-state index is 12.8. The van der Waals surface area contributed by atoms with Crippen molar-refractivity contribution in [2.24, 2.45) is 0 Å². The second-order valence-electron chi connectivity index (χ2n) is 6.22. The Morgan fingerprint density at radius 3 is 2.36 bits per heavy atom. The lowest BCUT2D eigenvalue weighted by Crippen LogP contribution is -2.47. The predicted octanol–water partition coefficient (Wildman–Crippen LogP) is 2.76. The highest BCUT2D eigenvalue weighted by molar-refractivity contribution is 5.96. The van der Waals surface area contributed by atoms with Crippen molar-refractivity contribution in [2.75, 3.05) is 47.4 Å². The molecule has 0 atom stereocenters. The zero-order chi connectivity index (χ0) is 17.8. The number of nitrogens with zero attached hydrogens (tertiary/aromatic N) is 2. The van der Waals surface area contributed by atoms with Crippen LogP contribution in [0.1, 0.15) is 10.4 Å². The standard InChI is InChI=1S/C20H24N2O3/c1-21-10-12-22(13-11-21)20(23)16-7-4-6-15(14-16)17-8-5-9-18(24-2)19(17)25-3/h4-9,14H,10-13H2,1-3H3. The fraction of sp³-hybridized carbons (Fsp3) is 0.350. The molecule has 0 unspecified atom stereocenters. The number of methoxy groups -OCH3 is 2. The summed E-state index contributed by atoms with van der Waals surface area (Å²) in [5.41, 5.74) is 2.55. The first kappa shape index (κ1) is 17.3. The molecule has 1 amide bonds. The highest BCUT2D eigenvalue weighted by atomic mass is 16.5. The molecule has 25 heavy (non-hydrogen) atoms. The Hall–Kier alpha value is -2.53. The fourth-order valence-corrected chi connectivity index (χ4v) is 3.13. The molecule has 1 saturated heterocycles. The van der Waals surface area contributed by atoms with Gasteiger partial charge in [-0.1, -0.05) is 24.3 Å². The van der Waals surface area contributed by atoms with Crippen molar-refractivity contribution in [1.82, 2.24) is 9.80 Å². The monoisotopic (exact) mass is 340 g/mol. The number of benzene rings is 2. The molecular weight excluding hydrogens is 316 g/mol. The fourth-order valence-electron chi connectivity index (χ4n) is 3.13. The second-order valence-corrected chi connectivity index (χ2v) is 6.22. The van der Waals surface area contributed by atoms with Gasteiger partial charge in [-0.05, 0) is 30.8 Å². The molecule has 1 fully saturated rings. The number of likely N-dealkylation sites (N-methyl/N-ethyl adjacent to an activating group) is 1. The van der Waals surface area contributed by atoms with E-state index >= 15 is 0 Å². The van der Waals surface area contributed by atoms with Crippen LogP contribution < -0.4 is 9.47 Å². The summed E-state index contributed by atoms with van der Waals surface area (Å²) in [4.78, 5) is 17.0. The third-order valence-electron chi connectivity index (χ3n) is 4.61. The maximum atomic E-state index is 12.8. The summed E-state index contributed by atoms with van der Waals surface area (Å²) in [6.45, 7) is 3.36. The molecule has 1 aliphatic rings. The van der Waals surface area contributed by atoms with Crippen LogP contribution in [0.15, 0.2) is 42.5 Å². The average molecular weight is 340 g/mol. The van der Waals surface area contributed by atoms with Crippen molar-refractivity contribution in [3.05, 3.63) is 48.0 Å². The zero-order valence-electron chi connectivity index (χ0n) is 15.0. The van der Waals surface area contributed by atoms with Gasteiger partial charge in [-0.3, -0.25) is 4.79 Å². The van der Waals surface area contributed by atoms with E-state index in [9.17, 15) is 4.79 Å². The summed E-state index contributed by atoms with van der Waals surface area (Å²) in [6.07, 6.45) is 0. The van der Waals surface area contributed by atoms with Crippen LogP contribution in [0.5, 0.6) is 11.5 Å². The van der Waals surface area contributed by atoms with Gasteiger partial charge < -0.3 is 19.3 Å². The highest BCUT2D eigenvalue weighted by Gasteiger charge is 2.21. The summed E-state index contributed by atoms with van der Waals surface area (Å²) < 4.78 is 10.9. The molecule has 2 aromatic rings. The van der Waals surface area contributed by atoms with Crippen molar-refractivity contribution in [3.63, 3.8) is 0 Å². The summed E-state index contributed by atoms with van der Waals surface area (Å²) in [5, 5.41) is 0. The molecular formula is C20H24N2O3. The van der Waals surface area contributed by atoms with Crippen molar-refractivity contribution < 1.29 is 14.3 Å². The molecule has 0 aliphatic carbocycles. The Bertz CT molecular complexity index is 752. The minimum absolute atomic E-state index is 0.0804. The van der Waals surface area contributed by atoms with Gasteiger partial charge in [-0.15, -0.1) is 0 Å². The molecule has 1 heterocycles. The lowest BCUT2D eigenvalue weighted by molar-refractivity contribution is 0.0664. The highest BCUT2D eigenvalue weighted by Crippen LogP contribution is 2.38. The van der Waals surface area contributed by atoms with Crippen LogP contribution in [0.25, 0.3) is 11.1 Å². The molecule has 0 N–H and O–H groups in total. The van der Waals surface area contributed by atoms with Gasteiger partial charge in [0.15, 0.2) is 11.5 Å². The number of carbonyl (C=O) groups excluding carboxylic acids is 1. The molecule has 0 aromatic heterocycles. The van der Waals surface area contributed by atoms with Gasteiger partial charge >= 0.3 is 0 Å². The van der Waals surface area contributed by atoms with E-state index in [-0.39, 0.29) is 5.91 Å². The van der Waals surface area contributed by atoms with E-state index in [2.05, 4.69) is 11.9 Å². The van der Waals surface area contributed by atoms with E-state index in [1.54, 1.807) is 14.2 Å². The Morgan fingerprint density at radius 2 is 1.68 bits per heavy atom. The molecule has 5 nitrogen and oxygen atoms in total. The average Bonchev–Trinajstić information content (AvgIpc) is 2.67. The molecule has 0 spiro atoms. The van der Waals surface area contributed by atoms with Crippen molar-refractivity contribution >= 4 is 5.91 Å². The minimum atomic E-state index is 0.0804. The Labute approximate surface area is 148 Å². The zero-order valence-corrected chi connectivity index (χ0v) is 15.0. The number of piperazine rings is 1. The molecule has 5 heteroatoms. The second kappa shape index (κ2) is 7.57. The van der Waals surface area contributed by atoms with Crippen LogP contribution in [-0.4, -0.2) is 63.2 Å². The van der Waals surface area contributed by atoms with Gasteiger partial charge in [-0.2, -0.15) is 0 Å². The Balaban J connectivity index is 1.91. The third-order valence-corrected chi connectivity index (χ3v) is 4.61. The minimum Gasteiger partial charge on any atom is -0.493 e. The molecule has 0 radical (unpaired) electrons. The van der Waals surface area contributed by atoms with Crippen LogP contribution in [0.2, 0.25) is 0 Å². The van der Waals surface area contributed by atoms with Gasteiger partial charge in [-0.25, -0.2) is 0 Å². The third kappa shape index (κ3) is 3.61. The van der Waals surface area contributed by atoms with Crippen molar-refractivity contribution in [2.45, 2.75) is 0 Å². The summed E-state index contributed by atoms with van der Waals surface area (Å²) in [7, 11) is 5.33. The van der Waals surface area contributed by atoms with Crippen LogP contribution in [-0.2, 0) is 0 Å². The number of carbonyl (C=O) groups is 1. The van der Waals surface area contributed by atoms with Crippen LogP contribution in [0.4, 0.5) is 0 Å². The summed E-state index contributed by atoms with van der Waals surface area (Å²) >= 11 is 0. The molecule has 0 bridgehead atoms. The number of ether oxygens (including phenoxy) is 2. The van der Waals surface area contributed by atoms with E-state index in [4.69, 9.17) is 9.47 Å². The SMILES string of the molecule is COc1cccc(-c2cccc(C(=O)N3CCN(C)CC3)c2)c1OC. The Kier molecular flexibility index (Phi) is 5.24. The van der Waals surface area contributed by atoms with E-state index in [1.165, 1.54) is 0 Å². The summed E-state index contributed by atoms with van der Waals surface area (Å²) in [5.74, 6) is 1.43.